The van der Waals surface area contributed by atoms with E-state index in [0.717, 1.165) is 29.1 Å². The Morgan fingerprint density at radius 3 is 1.54 bits per heavy atom. The molecule has 0 aliphatic carbocycles. The number of thioether (sulfide) groups is 3. The Morgan fingerprint density at radius 1 is 0.829 bits per heavy atom. The van der Waals surface area contributed by atoms with Crippen molar-refractivity contribution in [1.29, 1.82) is 0 Å². The second kappa shape index (κ2) is 44.7. The minimum atomic E-state index is -0.481. The third kappa shape index (κ3) is 52.1. The zero-order valence-electron chi connectivity index (χ0n) is 24.9. The zero-order valence-corrected chi connectivity index (χ0v) is 53.9. The van der Waals surface area contributed by atoms with Gasteiger partial charge in [-0.25, -0.2) is 12.6 Å². The van der Waals surface area contributed by atoms with Crippen molar-refractivity contribution in [3.05, 3.63) is 53.0 Å². The van der Waals surface area contributed by atoms with E-state index in [9.17, 15) is 19.2 Å². The topological polar surface area (TPSA) is 144 Å². The average molecular weight is 1660 g/mol. The summed E-state index contributed by atoms with van der Waals surface area (Å²) in [4.78, 5) is 43.1. The molecule has 0 spiro atoms. The maximum absolute atomic E-state index is 12.0. The van der Waals surface area contributed by atoms with Crippen molar-refractivity contribution < 1.29 is 19.2 Å². The van der Waals surface area contributed by atoms with E-state index in [2.05, 4.69) is 69.8 Å². The summed E-state index contributed by atoms with van der Waals surface area (Å²) in [7, 11) is 0. The Morgan fingerprint density at radius 2 is 1.22 bits per heavy atom. The molecule has 0 saturated carbocycles. The van der Waals surface area contributed by atoms with Gasteiger partial charge in [-0.15, -0.1) is 23.0 Å². The van der Waals surface area contributed by atoms with E-state index in [4.69, 9.17) is 5.73 Å². The third-order valence-electron chi connectivity index (χ3n) is 3.72. The summed E-state index contributed by atoms with van der Waals surface area (Å²) < 4.78 is 0. The van der Waals surface area contributed by atoms with Crippen LogP contribution >= 0.6 is 47.9 Å². The van der Waals surface area contributed by atoms with Crippen molar-refractivity contribution >= 4 is 71.5 Å². The minimum absolute atomic E-state index is 0. The van der Waals surface area contributed by atoms with Gasteiger partial charge in [0, 0.05) is 42.2 Å². The van der Waals surface area contributed by atoms with Gasteiger partial charge in [-0.2, -0.15) is 35.3 Å². The Kier molecular flexibility index (Phi) is 61.2. The fourth-order valence-corrected chi connectivity index (χ4v) is 3.57. The second-order valence-corrected chi connectivity index (χ2v) is 10.7. The predicted molar refractivity (Wildman–Crippen MR) is 169 cm³/mol. The Labute approximate surface area is 243 Å². The van der Waals surface area contributed by atoms with Gasteiger partial charge in [0.25, 0.3) is 0 Å². The van der Waals surface area contributed by atoms with E-state index in [1.165, 1.54) is 6.08 Å². The first-order valence-electron chi connectivity index (χ1n) is 11.4. The molecule has 4 amide bonds. The van der Waals surface area contributed by atoms with Crippen LogP contribution in [0.1, 0.15) is 13.3 Å². The quantitative estimate of drug-likeness (QED) is 0.0653. The molecule has 16 heteroatoms. The first-order chi connectivity index (χ1) is 17.5. The van der Waals surface area contributed by atoms with Crippen LogP contribution in [0.15, 0.2) is 25.3 Å². The SMILES string of the molecule is C=CC(=O)NCCSC[CH2-].C=CC(N)=O.[CH2-]CS.[CH2-]CSCCNC(=O)C(CSC[CH2-])CC(C)C(N)=O.[Rf].[Rf].[Rf].[Rf]. The van der Waals surface area contributed by atoms with Crippen LogP contribution < -0.4 is 22.1 Å². The molecule has 0 aromatic carbocycles. The number of carbonyl (C=O) groups excluding carboxylic acids is 4. The molecular weight excluding hydrogens is 1620 g/mol. The molecule has 6 N–H and O–H groups in total. The summed E-state index contributed by atoms with van der Waals surface area (Å²) in [6.07, 6.45) is 2.82. The van der Waals surface area contributed by atoms with Crippen LogP contribution in [-0.2, 0) is 19.2 Å². The largest absolute Gasteiger partial charge is 0.369 e. The summed E-state index contributed by atoms with van der Waals surface area (Å²) in [6.45, 7) is 24.0. The molecule has 2 atom stereocenters. The standard InChI is InChI=1S/C13H24N2O2S2.C7H12NOS.C3H5NO.C2H5S.4Rf/c1-4-18-7-6-15-13(17)11(9-19-5-2)8-10(3)12(14)16;1-3-7(9)8-5-6-10-4-2;1-2-3(4)5;1-2-3;;;;/h10-11H,1-2,4-9H2,3H3,(H2,14,16)(H,15,17);3H,1-2,4-6H2,(H,8,9);2H,1H2,(H2,4,5);3H,1-2H2;;;;/q-2;-1;;-1;;;;. The van der Waals surface area contributed by atoms with Crippen LogP contribution in [0, 0.1) is 39.5 Å². The molecule has 41 heavy (non-hydrogen) atoms. The molecule has 0 saturated heterocycles. The van der Waals surface area contributed by atoms with Gasteiger partial charge in [0.15, 0.2) is 0 Å². The van der Waals surface area contributed by atoms with Crippen LogP contribution in [0.4, 0.5) is 0 Å². The number of nitrogens with two attached hydrogens (primary N) is 2. The molecule has 0 aromatic heterocycles. The van der Waals surface area contributed by atoms with Gasteiger partial charge in [-0.3, -0.25) is 19.2 Å². The average Bonchev–Trinajstić information content (AvgIpc) is 2.87. The van der Waals surface area contributed by atoms with Crippen LogP contribution in [0.3, 0.4) is 0 Å². The van der Waals surface area contributed by atoms with E-state index < -0.39 is 5.91 Å². The maximum Gasteiger partial charge on any atom is 0.243 e. The molecule has 0 fully saturated rings. The summed E-state index contributed by atoms with van der Waals surface area (Å²) in [6, 6.07) is 0. The molecule has 0 aliphatic rings. The molecule has 0 rings (SSSR count). The van der Waals surface area contributed by atoms with Crippen molar-refractivity contribution in [2.75, 3.05) is 53.4 Å². The fourth-order valence-electron chi connectivity index (χ4n) is 1.93. The monoisotopic (exact) mass is 1660 g/mol. The molecular formula is C25H46N4O4Rf4S4-4. The van der Waals surface area contributed by atoms with Gasteiger partial charge < -0.3 is 49.8 Å². The summed E-state index contributed by atoms with van der Waals surface area (Å²) in [5.74, 6) is 4.10. The molecule has 8 nitrogen and oxygen atoms in total. The van der Waals surface area contributed by atoms with Gasteiger partial charge in [0.1, 0.15) is 0 Å². The molecule has 0 radical (unpaired) electrons. The molecule has 0 aliphatic heterocycles. The van der Waals surface area contributed by atoms with E-state index >= 15 is 0 Å². The third-order valence-corrected chi connectivity index (χ3v) is 6.21. The molecule has 0 heterocycles. The number of hydrogen-bond donors (Lipinski definition) is 5. The van der Waals surface area contributed by atoms with E-state index in [1.54, 1.807) is 42.2 Å². The van der Waals surface area contributed by atoms with Crippen molar-refractivity contribution in [3.8, 4) is 0 Å². The first kappa shape index (κ1) is 56.1. The number of thiol groups is 1. The van der Waals surface area contributed by atoms with E-state index in [-0.39, 0.29) is 29.6 Å². The van der Waals surface area contributed by atoms with E-state index in [0.29, 0.717) is 36.8 Å². The number of hydrogen-bond acceptors (Lipinski definition) is 8. The van der Waals surface area contributed by atoms with Crippen LogP contribution in [0.25, 0.3) is 0 Å². The van der Waals surface area contributed by atoms with Crippen molar-refractivity contribution in [1.82, 2.24) is 10.6 Å². The van der Waals surface area contributed by atoms with Crippen LogP contribution in [-0.4, -0.2) is 77.0 Å². The van der Waals surface area contributed by atoms with Crippen LogP contribution in [0.2, 0.25) is 0 Å². The van der Waals surface area contributed by atoms with Gasteiger partial charge in [-0.1, -0.05) is 20.1 Å². The second-order valence-electron chi connectivity index (χ2n) is 6.65. The maximum atomic E-state index is 12.0. The Bertz CT molecular complexity index is 630. The number of primary amides is 2. The molecule has 2 unspecified atom stereocenters. The van der Waals surface area contributed by atoms with Gasteiger partial charge in [0.2, 0.25) is 23.6 Å². The van der Waals surface area contributed by atoms with Crippen molar-refractivity contribution in [3.63, 3.8) is 0 Å². The molecule has 0 bridgehead atoms. The van der Waals surface area contributed by atoms with Crippen LogP contribution in [0.5, 0.6) is 0 Å². The smallest absolute Gasteiger partial charge is 0.243 e. The number of nitrogens with one attached hydrogen (secondary N) is 2. The Balaban J connectivity index is -0.0000000700. The minimum Gasteiger partial charge on any atom is -0.369 e. The predicted octanol–water partition coefficient (Wildman–Crippen LogP) is 2.63. The first-order valence-corrected chi connectivity index (χ1v) is 15.5. The molecule has 226 valence electrons. The summed E-state index contributed by atoms with van der Waals surface area (Å²) >= 11 is 8.66. The number of rotatable bonds is 17. The number of amides is 4. The Hall–Kier alpha value is -5.24. The van der Waals surface area contributed by atoms with Gasteiger partial charge in [0.05, 0.1) is 0 Å². The van der Waals surface area contributed by atoms with Gasteiger partial charge >= 0.3 is 0 Å². The fraction of sp³-hybridized carbons (Fsp3) is 0.520. The summed E-state index contributed by atoms with van der Waals surface area (Å²) in [5, 5.41) is 5.56. The number of carbonyl (C=O) groups is 4. The van der Waals surface area contributed by atoms with Crippen molar-refractivity contribution in [2.45, 2.75) is 13.3 Å². The summed E-state index contributed by atoms with van der Waals surface area (Å²) in [5.41, 5.74) is 9.79. The normalized spacial score (nSPS) is 9.80. The van der Waals surface area contributed by atoms with Gasteiger partial charge in [-0.05, 0) is 18.6 Å². The van der Waals surface area contributed by atoms with E-state index in [1.807, 2.05) is 0 Å². The van der Waals surface area contributed by atoms with Crippen molar-refractivity contribution in [2.24, 2.45) is 23.3 Å². The molecule has 0 aromatic rings. The zero-order chi connectivity index (χ0) is 29.5.